The molecule has 4 aromatic rings. The quantitative estimate of drug-likeness (QED) is 0.0512. The highest BCUT2D eigenvalue weighted by Crippen LogP contribution is 2.39. The van der Waals surface area contributed by atoms with Crippen molar-refractivity contribution in [3.05, 3.63) is 29.3 Å². The van der Waals surface area contributed by atoms with Crippen molar-refractivity contribution in [2.75, 3.05) is 18.1 Å². The monoisotopic (exact) mass is 624 g/mol. The Balaban J connectivity index is 1.13. The molecule has 0 radical (unpaired) electrons. The van der Waals surface area contributed by atoms with E-state index >= 15 is 0 Å². The van der Waals surface area contributed by atoms with Crippen molar-refractivity contribution in [2.24, 2.45) is 5.92 Å². The Hall–Kier alpha value is -3.43. The third kappa shape index (κ3) is 5.42. The number of ether oxygens (including phenoxy) is 4. The van der Waals surface area contributed by atoms with Crippen molar-refractivity contribution in [1.29, 1.82) is 0 Å². The molecule has 10 atom stereocenters. The fourth-order valence-corrected chi connectivity index (χ4v) is 5.44. The summed E-state index contributed by atoms with van der Waals surface area (Å²) in [4.78, 5) is 39.5. The van der Waals surface area contributed by atoms with Crippen LogP contribution in [0.2, 0.25) is 0 Å². The Morgan fingerprint density at radius 3 is 2.63 bits per heavy atom. The lowest BCUT2D eigenvalue weighted by Crippen LogP contribution is -2.38. The summed E-state index contributed by atoms with van der Waals surface area (Å²) in [6.07, 6.45) is -2.49. The first kappa shape index (κ1) is 29.6. The molecule has 0 saturated carbocycles. The van der Waals surface area contributed by atoms with Gasteiger partial charge in [0.25, 0.3) is 12.0 Å². The van der Waals surface area contributed by atoms with E-state index in [0.717, 1.165) is 0 Å². The zero-order valence-electron chi connectivity index (χ0n) is 22.4. The molecule has 2 saturated heterocycles. The number of aromatic nitrogens is 8. The maximum absolute atomic E-state index is 12.1. The van der Waals surface area contributed by atoms with Crippen molar-refractivity contribution in [3.8, 4) is 0 Å². The summed E-state index contributed by atoms with van der Waals surface area (Å²) in [5, 5.41) is 31.3. The van der Waals surface area contributed by atoms with Crippen LogP contribution in [0.25, 0.3) is 22.3 Å². The zero-order valence-corrected chi connectivity index (χ0v) is 23.6. The number of aliphatic hydroxyl groups excluding tert-OH is 2. The summed E-state index contributed by atoms with van der Waals surface area (Å²) in [7, 11) is 2.15. The van der Waals surface area contributed by atoms with E-state index in [9.17, 15) is 20.3 Å². The lowest BCUT2D eigenvalue weighted by Gasteiger charge is -2.25. The minimum Gasteiger partial charge on any atom is -0.388 e. The summed E-state index contributed by atoms with van der Waals surface area (Å²) in [5.41, 5.74) is 11.8. The van der Waals surface area contributed by atoms with Gasteiger partial charge in [-0.1, -0.05) is 0 Å². The van der Waals surface area contributed by atoms with Crippen LogP contribution in [0.4, 0.5) is 11.8 Å². The third-order valence-electron chi connectivity index (χ3n) is 7.38. The van der Waals surface area contributed by atoms with Gasteiger partial charge in [-0.05, 0) is 6.92 Å². The number of nitrogens with zero attached hydrogens (tertiary/aromatic N) is 7. The van der Waals surface area contributed by atoms with E-state index in [-0.39, 0.29) is 36.0 Å². The Labute approximate surface area is 243 Å². The minimum absolute atomic E-state index is 0.00396. The molecular formula is C22H29N10O10P. The number of H-pyrrole nitrogens is 1. The summed E-state index contributed by atoms with van der Waals surface area (Å²) in [6.45, 7) is -0.295. The molecule has 0 aliphatic carbocycles. The zero-order chi connectivity index (χ0) is 30.4. The lowest BCUT2D eigenvalue weighted by atomic mass is 9.96. The predicted octanol–water partition coefficient (Wildman–Crippen LogP) is -1.39. The molecule has 43 heavy (non-hydrogen) atoms. The Kier molecular flexibility index (Phi) is 8.22. The third-order valence-corrected chi connectivity index (χ3v) is 7.81. The number of nitrogens with two attached hydrogens (primary N) is 2. The van der Waals surface area contributed by atoms with Crippen LogP contribution < -0.4 is 17.0 Å². The molecule has 4 aromatic heterocycles. The summed E-state index contributed by atoms with van der Waals surface area (Å²) in [6, 6.07) is 0. The Morgan fingerprint density at radius 1 is 1.14 bits per heavy atom. The molecule has 8 N–H and O–H groups in total. The molecule has 6 heterocycles. The van der Waals surface area contributed by atoms with Crippen LogP contribution in [0.1, 0.15) is 25.8 Å². The smallest absolute Gasteiger partial charge is 0.280 e. The average molecular weight is 625 g/mol. The van der Waals surface area contributed by atoms with Crippen LogP contribution >= 0.6 is 9.47 Å². The number of hydrogen-bond donors (Lipinski definition) is 6. The number of aliphatic hydroxyl groups is 2. The molecule has 0 spiro atoms. The minimum atomic E-state index is -1.82. The van der Waals surface area contributed by atoms with E-state index in [1.807, 2.05) is 0 Å². The maximum Gasteiger partial charge on any atom is 0.280 e. The van der Waals surface area contributed by atoms with E-state index in [4.69, 9.17) is 34.9 Å². The topological polar surface area (TPSA) is 275 Å². The molecule has 232 valence electrons. The molecule has 21 heteroatoms. The molecule has 0 aromatic carbocycles. The number of nitrogens with one attached hydrogen (secondary N) is 1. The summed E-state index contributed by atoms with van der Waals surface area (Å²) >= 11 is 0. The van der Waals surface area contributed by atoms with Crippen molar-refractivity contribution >= 4 is 43.6 Å². The molecule has 2 aliphatic rings. The molecule has 6 rings (SSSR count). The number of rotatable bonds is 10. The van der Waals surface area contributed by atoms with Crippen molar-refractivity contribution in [1.82, 2.24) is 39.0 Å². The van der Waals surface area contributed by atoms with Gasteiger partial charge < -0.3 is 45.2 Å². The Bertz CT molecular complexity index is 1650. The second kappa shape index (κ2) is 11.9. The SMILES string of the molecule is C[C@@H](OP)C1O[C@@H](n2cnc3c(N)ncnc32)[C@H](O)[C@@H]1COC(O)OC1C[C@@H](OO)[C@H](n2cnc3c(=O)[nH]c(N)nc32)O1. The molecule has 20 nitrogen and oxygen atoms in total. The maximum atomic E-state index is 12.1. The van der Waals surface area contributed by atoms with Gasteiger partial charge in [-0.25, -0.2) is 24.8 Å². The van der Waals surface area contributed by atoms with Gasteiger partial charge in [-0.2, -0.15) is 4.98 Å². The van der Waals surface area contributed by atoms with E-state index in [2.05, 4.69) is 44.3 Å². The number of aromatic amines is 1. The fraction of sp³-hybridized carbons (Fsp3) is 0.545. The summed E-state index contributed by atoms with van der Waals surface area (Å²) < 4.78 is 31.2. The van der Waals surface area contributed by atoms with Crippen LogP contribution in [0.15, 0.2) is 23.8 Å². The highest BCUT2D eigenvalue weighted by molar-refractivity contribution is 7.09. The molecule has 2 fully saturated rings. The standard InChI is InChI=1S/C22H29N10O10P/c1-7(42-43)14-8(13(33)20(40-14)31-5-27-11-15(23)25-4-26-16(11)31)3-37-22(35)39-10-2-9(41-36)19(38-10)32-6-28-12-17(32)29-21(24)30-18(12)34/h4-10,13-14,19-20,22,33,35-36H,2-3,43H2,1H3,(H2,23,25,26)(H3,24,29,30,34)/t7-,8+,9-,10?,13-,14?,19-,20-,22?/m1/s1. The molecule has 0 bridgehead atoms. The normalized spacial score (nSPS) is 29.1. The van der Waals surface area contributed by atoms with Gasteiger partial charge in [-0.3, -0.25) is 24.2 Å². The van der Waals surface area contributed by atoms with E-state index in [1.165, 1.54) is 28.1 Å². The first-order chi connectivity index (χ1) is 20.7. The fourth-order valence-electron chi connectivity index (χ4n) is 5.29. The first-order valence-electron chi connectivity index (χ1n) is 12.9. The van der Waals surface area contributed by atoms with Gasteiger partial charge in [0.05, 0.1) is 31.5 Å². The lowest BCUT2D eigenvalue weighted by molar-refractivity contribution is -0.328. The van der Waals surface area contributed by atoms with Crippen LogP contribution in [0, 0.1) is 5.92 Å². The van der Waals surface area contributed by atoms with Gasteiger partial charge in [-0.15, -0.1) is 0 Å². The van der Waals surface area contributed by atoms with E-state index in [0.29, 0.717) is 11.2 Å². The van der Waals surface area contributed by atoms with Gasteiger partial charge in [0.15, 0.2) is 41.4 Å². The van der Waals surface area contributed by atoms with Crippen LogP contribution in [0.5, 0.6) is 0 Å². The van der Waals surface area contributed by atoms with Crippen molar-refractivity contribution in [3.63, 3.8) is 0 Å². The van der Waals surface area contributed by atoms with E-state index in [1.54, 1.807) is 6.92 Å². The predicted molar refractivity (Wildman–Crippen MR) is 145 cm³/mol. The molecule has 2 aliphatic heterocycles. The number of nitrogen functional groups attached to an aromatic ring is 2. The van der Waals surface area contributed by atoms with Crippen LogP contribution in [0.3, 0.4) is 0 Å². The van der Waals surface area contributed by atoms with Crippen LogP contribution in [-0.2, 0) is 28.4 Å². The van der Waals surface area contributed by atoms with Gasteiger partial charge in [0, 0.05) is 21.8 Å². The van der Waals surface area contributed by atoms with Gasteiger partial charge >= 0.3 is 0 Å². The number of imidazole rings is 2. The second-order valence-electron chi connectivity index (χ2n) is 9.96. The summed E-state index contributed by atoms with van der Waals surface area (Å²) in [5.74, 6) is -0.669. The number of anilines is 2. The molecule has 4 unspecified atom stereocenters. The van der Waals surface area contributed by atoms with Crippen LogP contribution in [-0.4, -0.2) is 98.3 Å². The largest absolute Gasteiger partial charge is 0.388 e. The van der Waals surface area contributed by atoms with Crippen molar-refractivity contribution < 1.29 is 43.8 Å². The number of hydrogen-bond acceptors (Lipinski definition) is 17. The molecule has 0 amide bonds. The molecular weight excluding hydrogens is 595 g/mol. The van der Waals surface area contributed by atoms with Gasteiger partial charge in [0.1, 0.15) is 24.1 Å². The highest BCUT2D eigenvalue weighted by atomic mass is 31.0. The second-order valence-corrected chi connectivity index (χ2v) is 10.2. The van der Waals surface area contributed by atoms with E-state index < -0.39 is 61.1 Å². The first-order valence-corrected chi connectivity index (χ1v) is 13.4. The highest BCUT2D eigenvalue weighted by Gasteiger charge is 2.48. The number of fused-ring (bicyclic) bond motifs is 2. The van der Waals surface area contributed by atoms with Gasteiger partial charge in [0.2, 0.25) is 5.95 Å². The Morgan fingerprint density at radius 2 is 1.88 bits per heavy atom. The average Bonchev–Trinajstić information content (AvgIpc) is 3.76. The van der Waals surface area contributed by atoms with Crippen molar-refractivity contribution in [2.45, 2.75) is 63.0 Å².